The lowest BCUT2D eigenvalue weighted by Crippen LogP contribution is -2.32. The first-order valence-electron chi connectivity index (χ1n) is 6.96. The van der Waals surface area contributed by atoms with E-state index in [1.54, 1.807) is 0 Å². The molecule has 1 saturated carbocycles. The summed E-state index contributed by atoms with van der Waals surface area (Å²) in [4.78, 5) is 11.1. The predicted octanol–water partition coefficient (Wildman–Crippen LogP) is 0.615. The second-order valence-corrected chi connectivity index (χ2v) is 7.18. The number of aliphatic hydroxyl groups is 1. The molecule has 0 saturated heterocycles. The Morgan fingerprint density at radius 3 is 2.29 bits per heavy atom. The van der Waals surface area contributed by atoms with Crippen LogP contribution >= 0.6 is 0 Å². The van der Waals surface area contributed by atoms with Gasteiger partial charge in [-0.3, -0.25) is 4.79 Å². The normalized spacial score (nSPS) is 22.9. The molecule has 0 unspecified atom stereocenters. The van der Waals surface area contributed by atoms with Gasteiger partial charge in [0, 0.05) is 12.1 Å². The van der Waals surface area contributed by atoms with Crippen LogP contribution in [-0.4, -0.2) is 32.1 Å². The second-order valence-electron chi connectivity index (χ2n) is 5.42. The molecule has 21 heavy (non-hydrogen) atoms. The number of aliphatic hydroxyl groups excluding tert-OH is 1. The average Bonchev–Trinajstić information content (AvgIpc) is 2.47. The number of primary amides is 1. The molecular weight excluding hydrogens is 292 g/mol. The van der Waals surface area contributed by atoms with Crippen molar-refractivity contribution in [2.45, 2.75) is 36.7 Å². The molecule has 6 nitrogen and oxygen atoms in total. The largest absolute Gasteiger partial charge is 0.393 e. The van der Waals surface area contributed by atoms with Gasteiger partial charge < -0.3 is 10.8 Å². The van der Waals surface area contributed by atoms with E-state index in [1.165, 1.54) is 24.3 Å². The summed E-state index contributed by atoms with van der Waals surface area (Å²) < 4.78 is 26.9. The summed E-state index contributed by atoms with van der Waals surface area (Å²) in [5.74, 6) is -0.333. The van der Waals surface area contributed by atoms with Crippen LogP contribution in [0.3, 0.4) is 0 Å². The van der Waals surface area contributed by atoms with Gasteiger partial charge in [-0.15, -0.1) is 0 Å². The highest BCUT2D eigenvalue weighted by molar-refractivity contribution is 7.89. The van der Waals surface area contributed by atoms with E-state index < -0.39 is 15.9 Å². The third-order valence-corrected chi connectivity index (χ3v) is 5.27. The number of hydrogen-bond acceptors (Lipinski definition) is 4. The van der Waals surface area contributed by atoms with E-state index >= 15 is 0 Å². The molecule has 0 radical (unpaired) electrons. The van der Waals surface area contributed by atoms with Crippen LogP contribution in [0, 0.1) is 5.92 Å². The number of nitrogens with two attached hydrogens (primary N) is 1. The monoisotopic (exact) mass is 312 g/mol. The molecule has 0 bridgehead atoms. The van der Waals surface area contributed by atoms with Crippen molar-refractivity contribution in [2.75, 3.05) is 6.54 Å². The standard InChI is InChI=1S/C14H20N2O4S/c15-14(18)11-3-7-13(8-4-11)21(19,20)16-9-10-1-5-12(17)6-2-10/h3-4,7-8,10,12,16-17H,1-2,5-6,9H2,(H2,15,18). The lowest BCUT2D eigenvalue weighted by molar-refractivity contribution is 0.1000. The van der Waals surface area contributed by atoms with Gasteiger partial charge in [0.1, 0.15) is 0 Å². The summed E-state index contributed by atoms with van der Waals surface area (Å²) in [6, 6.07) is 5.53. The van der Waals surface area contributed by atoms with Crippen molar-refractivity contribution < 1.29 is 18.3 Å². The van der Waals surface area contributed by atoms with Gasteiger partial charge in [0.05, 0.1) is 11.0 Å². The number of rotatable bonds is 5. The van der Waals surface area contributed by atoms with E-state index in [0.717, 1.165) is 25.7 Å². The molecule has 1 aromatic rings. The molecule has 0 spiro atoms. The summed E-state index contributed by atoms with van der Waals surface area (Å²) in [5.41, 5.74) is 5.39. The Morgan fingerprint density at radius 1 is 1.19 bits per heavy atom. The fourth-order valence-electron chi connectivity index (χ4n) is 2.46. The minimum Gasteiger partial charge on any atom is -0.393 e. The molecule has 1 amide bonds. The highest BCUT2D eigenvalue weighted by Crippen LogP contribution is 2.24. The predicted molar refractivity (Wildman–Crippen MR) is 78.1 cm³/mol. The van der Waals surface area contributed by atoms with Crippen LogP contribution in [0.15, 0.2) is 29.2 Å². The van der Waals surface area contributed by atoms with Gasteiger partial charge in [-0.2, -0.15) is 0 Å². The first-order chi connectivity index (χ1) is 9.88. The zero-order valence-electron chi connectivity index (χ0n) is 11.7. The van der Waals surface area contributed by atoms with Gasteiger partial charge in [-0.05, 0) is 55.9 Å². The lowest BCUT2D eigenvalue weighted by Gasteiger charge is -2.25. The molecule has 0 atom stereocenters. The summed E-state index contributed by atoms with van der Waals surface area (Å²) in [6.07, 6.45) is 2.84. The quantitative estimate of drug-likeness (QED) is 0.740. The number of sulfonamides is 1. The topological polar surface area (TPSA) is 109 Å². The van der Waals surface area contributed by atoms with Crippen molar-refractivity contribution in [1.82, 2.24) is 4.72 Å². The van der Waals surface area contributed by atoms with Crippen LogP contribution in [0.2, 0.25) is 0 Å². The molecule has 4 N–H and O–H groups in total. The Labute approximate surface area is 124 Å². The lowest BCUT2D eigenvalue weighted by atomic mass is 9.88. The number of carbonyl (C=O) groups is 1. The minimum atomic E-state index is -3.58. The smallest absolute Gasteiger partial charge is 0.248 e. The Hall–Kier alpha value is -1.44. The Bertz CT molecular complexity index is 590. The molecule has 0 heterocycles. The number of hydrogen-bond donors (Lipinski definition) is 3. The van der Waals surface area contributed by atoms with Crippen molar-refractivity contribution in [3.63, 3.8) is 0 Å². The molecule has 1 aliphatic rings. The van der Waals surface area contributed by atoms with Gasteiger partial charge in [0.25, 0.3) is 0 Å². The van der Waals surface area contributed by atoms with E-state index in [9.17, 15) is 18.3 Å². The molecule has 7 heteroatoms. The van der Waals surface area contributed by atoms with Crippen LogP contribution in [0.4, 0.5) is 0 Å². The third-order valence-electron chi connectivity index (χ3n) is 3.83. The molecule has 2 rings (SSSR count). The van der Waals surface area contributed by atoms with E-state index in [1.807, 2.05) is 0 Å². The fraction of sp³-hybridized carbons (Fsp3) is 0.500. The zero-order valence-corrected chi connectivity index (χ0v) is 12.5. The zero-order chi connectivity index (χ0) is 15.5. The maximum absolute atomic E-state index is 12.1. The summed E-state index contributed by atoms with van der Waals surface area (Å²) >= 11 is 0. The van der Waals surface area contributed by atoms with Crippen molar-refractivity contribution in [3.05, 3.63) is 29.8 Å². The number of carbonyl (C=O) groups excluding carboxylic acids is 1. The van der Waals surface area contributed by atoms with Gasteiger partial charge in [-0.25, -0.2) is 13.1 Å². The third kappa shape index (κ3) is 4.26. The van der Waals surface area contributed by atoms with Gasteiger partial charge in [0.2, 0.25) is 15.9 Å². The summed E-state index contributed by atoms with van der Waals surface area (Å²) in [5, 5.41) is 9.43. The van der Waals surface area contributed by atoms with Crippen molar-refractivity contribution >= 4 is 15.9 Å². The molecule has 0 aliphatic heterocycles. The summed E-state index contributed by atoms with van der Waals surface area (Å²) in [7, 11) is -3.58. The van der Waals surface area contributed by atoms with Crippen LogP contribution in [-0.2, 0) is 10.0 Å². The van der Waals surface area contributed by atoms with Crippen molar-refractivity contribution in [3.8, 4) is 0 Å². The Balaban J connectivity index is 1.96. The molecule has 1 fully saturated rings. The van der Waals surface area contributed by atoms with Crippen molar-refractivity contribution in [2.24, 2.45) is 11.7 Å². The first kappa shape index (κ1) is 15.9. The molecule has 116 valence electrons. The highest BCUT2D eigenvalue weighted by atomic mass is 32.2. The van der Waals surface area contributed by atoms with Gasteiger partial charge in [0.15, 0.2) is 0 Å². The Morgan fingerprint density at radius 2 is 1.76 bits per heavy atom. The summed E-state index contributed by atoms with van der Waals surface area (Å²) in [6.45, 7) is 0.368. The molecule has 1 aliphatic carbocycles. The van der Waals surface area contributed by atoms with Gasteiger partial charge in [-0.1, -0.05) is 0 Å². The maximum Gasteiger partial charge on any atom is 0.248 e. The Kier molecular flexibility index (Phi) is 4.97. The van der Waals surface area contributed by atoms with Crippen LogP contribution in [0.25, 0.3) is 0 Å². The van der Waals surface area contributed by atoms with Crippen LogP contribution in [0.5, 0.6) is 0 Å². The van der Waals surface area contributed by atoms with Crippen LogP contribution in [0.1, 0.15) is 36.0 Å². The average molecular weight is 312 g/mol. The van der Waals surface area contributed by atoms with E-state index in [-0.39, 0.29) is 22.5 Å². The van der Waals surface area contributed by atoms with E-state index in [4.69, 9.17) is 5.73 Å². The molecular formula is C14H20N2O4S. The number of benzene rings is 1. The van der Waals surface area contributed by atoms with Crippen molar-refractivity contribution in [1.29, 1.82) is 0 Å². The fourth-order valence-corrected chi connectivity index (χ4v) is 3.57. The van der Waals surface area contributed by atoms with Gasteiger partial charge >= 0.3 is 0 Å². The van der Waals surface area contributed by atoms with E-state index in [2.05, 4.69) is 4.72 Å². The molecule has 1 aromatic carbocycles. The maximum atomic E-state index is 12.1. The van der Waals surface area contributed by atoms with E-state index in [0.29, 0.717) is 6.54 Å². The minimum absolute atomic E-state index is 0.114. The second kappa shape index (κ2) is 6.55. The number of nitrogens with one attached hydrogen (secondary N) is 1. The SMILES string of the molecule is NC(=O)c1ccc(S(=O)(=O)NCC2CCC(O)CC2)cc1. The first-order valence-corrected chi connectivity index (χ1v) is 8.44. The highest BCUT2D eigenvalue weighted by Gasteiger charge is 2.22. The number of amides is 1. The van der Waals surface area contributed by atoms with Crippen LogP contribution < -0.4 is 10.5 Å². The molecule has 0 aromatic heterocycles.